The van der Waals surface area contributed by atoms with Crippen molar-refractivity contribution in [2.75, 3.05) is 6.61 Å². The van der Waals surface area contributed by atoms with E-state index >= 15 is 0 Å². The van der Waals surface area contributed by atoms with Crippen molar-refractivity contribution < 1.29 is 22.7 Å². The highest BCUT2D eigenvalue weighted by Gasteiger charge is 2.43. The monoisotopic (exact) mass is 313 g/mol. The summed E-state index contributed by atoms with van der Waals surface area (Å²) in [5, 5.41) is 0.522. The number of aromatic nitrogens is 1. The Balaban J connectivity index is 2.52. The summed E-state index contributed by atoms with van der Waals surface area (Å²) in [6.45, 7) is 3.46. The lowest BCUT2D eigenvalue weighted by molar-refractivity contribution is -0.166. The first-order chi connectivity index (χ1) is 10.2. The lowest BCUT2D eigenvalue weighted by Gasteiger charge is -2.19. The zero-order chi connectivity index (χ0) is 16.5. The Morgan fingerprint density at radius 3 is 2.64 bits per heavy atom. The summed E-state index contributed by atoms with van der Waals surface area (Å²) < 4.78 is 46.6. The molecule has 0 radical (unpaired) electrons. The zero-order valence-corrected chi connectivity index (χ0v) is 12.7. The van der Waals surface area contributed by atoms with E-state index < -0.39 is 24.5 Å². The van der Waals surface area contributed by atoms with Crippen LogP contribution in [-0.4, -0.2) is 23.3 Å². The number of esters is 1. The summed E-state index contributed by atoms with van der Waals surface area (Å²) in [7, 11) is 1.69. The summed E-state index contributed by atoms with van der Waals surface area (Å²) in [6.07, 6.45) is -3.77. The molecule has 0 saturated heterocycles. The Morgan fingerprint density at radius 2 is 2.05 bits per heavy atom. The first-order valence-corrected chi connectivity index (χ1v) is 7.02. The summed E-state index contributed by atoms with van der Waals surface area (Å²) in [5.74, 6) is -2.70. The summed E-state index contributed by atoms with van der Waals surface area (Å²) in [6, 6.07) is 5.35. The lowest BCUT2D eigenvalue weighted by Crippen LogP contribution is -2.24. The smallest absolute Gasteiger partial charge is 0.396 e. The molecule has 0 spiro atoms. The number of hydrogen-bond acceptors (Lipinski definition) is 2. The number of carbonyl (C=O) groups is 1. The molecule has 1 heterocycles. The third kappa shape index (κ3) is 3.26. The van der Waals surface area contributed by atoms with Crippen LogP contribution in [0.5, 0.6) is 0 Å². The maximum Gasteiger partial charge on any atom is 0.396 e. The van der Waals surface area contributed by atoms with Crippen molar-refractivity contribution in [2.45, 2.75) is 32.4 Å². The number of alkyl halides is 3. The van der Waals surface area contributed by atoms with Crippen LogP contribution in [0.3, 0.4) is 0 Å². The van der Waals surface area contributed by atoms with Gasteiger partial charge in [0.2, 0.25) is 0 Å². The van der Waals surface area contributed by atoms with Crippen molar-refractivity contribution in [3.05, 3.63) is 35.5 Å². The molecule has 1 aromatic heterocycles. The molecule has 22 heavy (non-hydrogen) atoms. The average Bonchev–Trinajstić information content (AvgIpc) is 2.71. The first-order valence-electron chi connectivity index (χ1n) is 7.02. The van der Waals surface area contributed by atoms with Crippen LogP contribution in [0.2, 0.25) is 0 Å². The van der Waals surface area contributed by atoms with E-state index in [1.165, 1.54) is 6.20 Å². The largest absolute Gasteiger partial charge is 0.466 e. The molecular weight excluding hydrogens is 295 g/mol. The minimum atomic E-state index is -4.51. The fraction of sp³-hybridized carbons (Fsp3) is 0.438. The van der Waals surface area contributed by atoms with Gasteiger partial charge in [-0.3, -0.25) is 4.79 Å². The van der Waals surface area contributed by atoms with Gasteiger partial charge in [-0.15, -0.1) is 0 Å². The summed E-state index contributed by atoms with van der Waals surface area (Å²) in [5.41, 5.74) is 1.69. The van der Waals surface area contributed by atoms with E-state index in [1.54, 1.807) is 30.7 Å². The standard InChI is InChI=1S/C16H18F3NO2/c1-4-22-15(21)8-13(16(17,18)19)12-9-20(3)14-6-5-10(2)7-11(12)14/h5-7,9,13H,4,8H2,1-3H3/t13-/m0/s1. The number of fused-ring (bicyclic) bond motifs is 1. The Kier molecular flexibility index (Phi) is 4.49. The zero-order valence-electron chi connectivity index (χ0n) is 12.7. The maximum absolute atomic E-state index is 13.4. The van der Waals surface area contributed by atoms with Gasteiger partial charge in [-0.1, -0.05) is 11.6 Å². The van der Waals surface area contributed by atoms with Gasteiger partial charge in [-0.2, -0.15) is 13.2 Å². The van der Waals surface area contributed by atoms with Crippen molar-refractivity contribution in [1.82, 2.24) is 4.57 Å². The van der Waals surface area contributed by atoms with E-state index in [9.17, 15) is 18.0 Å². The molecule has 1 atom stereocenters. The molecule has 0 fully saturated rings. The lowest BCUT2D eigenvalue weighted by atomic mass is 9.94. The Morgan fingerprint density at radius 1 is 1.36 bits per heavy atom. The molecule has 0 N–H and O–H groups in total. The van der Waals surface area contributed by atoms with Gasteiger partial charge in [0.15, 0.2) is 0 Å². The second kappa shape index (κ2) is 6.02. The van der Waals surface area contributed by atoms with Gasteiger partial charge < -0.3 is 9.30 Å². The van der Waals surface area contributed by atoms with E-state index in [-0.39, 0.29) is 12.2 Å². The first kappa shape index (κ1) is 16.4. The van der Waals surface area contributed by atoms with Crippen LogP contribution in [0.15, 0.2) is 24.4 Å². The number of nitrogens with zero attached hydrogens (tertiary/aromatic N) is 1. The molecule has 0 aliphatic heterocycles. The van der Waals surface area contributed by atoms with E-state index in [0.29, 0.717) is 10.9 Å². The van der Waals surface area contributed by atoms with Crippen molar-refractivity contribution >= 4 is 16.9 Å². The van der Waals surface area contributed by atoms with Crippen molar-refractivity contribution in [2.24, 2.45) is 7.05 Å². The molecule has 0 aliphatic carbocycles. The predicted molar refractivity (Wildman–Crippen MR) is 77.7 cm³/mol. The van der Waals surface area contributed by atoms with Gasteiger partial charge in [-0.25, -0.2) is 0 Å². The maximum atomic E-state index is 13.4. The van der Waals surface area contributed by atoms with E-state index in [1.807, 2.05) is 13.0 Å². The number of halogens is 3. The quantitative estimate of drug-likeness (QED) is 0.796. The van der Waals surface area contributed by atoms with Crippen LogP contribution < -0.4 is 0 Å². The molecule has 120 valence electrons. The van der Waals surface area contributed by atoms with Gasteiger partial charge in [0.05, 0.1) is 18.9 Å². The van der Waals surface area contributed by atoms with Gasteiger partial charge in [0.1, 0.15) is 0 Å². The normalized spacial score (nSPS) is 13.4. The van der Waals surface area contributed by atoms with Gasteiger partial charge in [-0.05, 0) is 31.5 Å². The molecule has 3 nitrogen and oxygen atoms in total. The number of ether oxygens (including phenoxy) is 1. The minimum Gasteiger partial charge on any atom is -0.466 e. The molecular formula is C16H18F3NO2. The number of rotatable bonds is 4. The molecule has 0 saturated carbocycles. The van der Waals surface area contributed by atoms with E-state index in [2.05, 4.69) is 4.74 Å². The number of hydrogen-bond donors (Lipinski definition) is 0. The third-order valence-electron chi connectivity index (χ3n) is 3.62. The second-order valence-electron chi connectivity index (χ2n) is 5.32. The van der Waals surface area contributed by atoms with Crippen LogP contribution in [-0.2, 0) is 16.6 Å². The Hall–Kier alpha value is -1.98. The number of aryl methyl sites for hydroxylation is 2. The van der Waals surface area contributed by atoms with Crippen molar-refractivity contribution in [3.63, 3.8) is 0 Å². The fourth-order valence-corrected chi connectivity index (χ4v) is 2.60. The Bertz CT molecular complexity index is 688. The molecule has 0 unspecified atom stereocenters. The predicted octanol–water partition coefficient (Wildman–Crippen LogP) is 4.09. The van der Waals surface area contributed by atoms with Gasteiger partial charge >= 0.3 is 12.1 Å². The van der Waals surface area contributed by atoms with Crippen LogP contribution in [0.25, 0.3) is 10.9 Å². The van der Waals surface area contributed by atoms with Crippen LogP contribution in [0.1, 0.15) is 30.4 Å². The highest BCUT2D eigenvalue weighted by atomic mass is 19.4. The molecule has 1 aromatic carbocycles. The molecule has 2 rings (SSSR count). The molecule has 0 amide bonds. The van der Waals surface area contributed by atoms with Crippen molar-refractivity contribution in [3.8, 4) is 0 Å². The topological polar surface area (TPSA) is 31.2 Å². The highest BCUT2D eigenvalue weighted by molar-refractivity contribution is 5.86. The second-order valence-corrected chi connectivity index (χ2v) is 5.32. The minimum absolute atomic E-state index is 0.0675. The third-order valence-corrected chi connectivity index (χ3v) is 3.62. The van der Waals surface area contributed by atoms with E-state index in [4.69, 9.17) is 0 Å². The number of benzene rings is 1. The SMILES string of the molecule is CCOC(=O)C[C@@H](c1cn(C)c2ccc(C)cc12)C(F)(F)F. The van der Waals surface area contributed by atoms with Crippen LogP contribution >= 0.6 is 0 Å². The van der Waals surface area contributed by atoms with Gasteiger partial charge in [0.25, 0.3) is 0 Å². The van der Waals surface area contributed by atoms with Crippen LogP contribution in [0, 0.1) is 6.92 Å². The Labute approximate surface area is 126 Å². The average molecular weight is 313 g/mol. The molecule has 2 aromatic rings. The molecule has 0 bridgehead atoms. The number of carbonyl (C=O) groups excluding carboxylic acids is 1. The molecule has 0 aliphatic rings. The fourth-order valence-electron chi connectivity index (χ4n) is 2.60. The summed E-state index contributed by atoms with van der Waals surface area (Å²) >= 11 is 0. The summed E-state index contributed by atoms with van der Waals surface area (Å²) in [4.78, 5) is 11.6. The van der Waals surface area contributed by atoms with E-state index in [0.717, 1.165) is 5.56 Å². The molecule has 6 heteroatoms. The van der Waals surface area contributed by atoms with Gasteiger partial charge in [0, 0.05) is 24.1 Å². The van der Waals surface area contributed by atoms with Crippen LogP contribution in [0.4, 0.5) is 13.2 Å². The highest BCUT2D eigenvalue weighted by Crippen LogP contribution is 2.41. The van der Waals surface area contributed by atoms with Crippen molar-refractivity contribution in [1.29, 1.82) is 0 Å².